The number of benzene rings is 6. The number of aromatic hydroxyl groups is 1. The highest BCUT2D eigenvalue weighted by atomic mass is 35.5. The summed E-state index contributed by atoms with van der Waals surface area (Å²) < 4.78 is 134. The van der Waals surface area contributed by atoms with Gasteiger partial charge in [0, 0.05) is 27.5 Å². The van der Waals surface area contributed by atoms with Crippen molar-refractivity contribution in [1.82, 2.24) is 15.0 Å². The lowest BCUT2D eigenvalue weighted by atomic mass is 10.1. The van der Waals surface area contributed by atoms with E-state index in [4.69, 9.17) is 11.6 Å². The first-order valence-corrected chi connectivity index (χ1v) is 22.9. The topological polar surface area (TPSA) is 350 Å². The van der Waals surface area contributed by atoms with Gasteiger partial charge in [0.1, 0.15) is 10.6 Å². The van der Waals surface area contributed by atoms with Crippen LogP contribution in [0.4, 0.5) is 46.0 Å². The molecule has 0 aliphatic heterocycles. The zero-order valence-electron chi connectivity index (χ0n) is 30.5. The predicted molar refractivity (Wildman–Crippen MR) is 221 cm³/mol. The van der Waals surface area contributed by atoms with Crippen LogP contribution in [0.5, 0.6) is 5.75 Å². The minimum Gasteiger partial charge on any atom is -0.505 e. The molecule has 7 N–H and O–H groups in total. The van der Waals surface area contributed by atoms with Gasteiger partial charge in [-0.2, -0.15) is 53.7 Å². The molecule has 7 rings (SSSR count). The highest BCUT2D eigenvalue weighted by Gasteiger charge is 2.23. The molecule has 22 nitrogen and oxygen atoms in total. The number of rotatable bonds is 12. The van der Waals surface area contributed by atoms with Gasteiger partial charge in [-0.25, -0.2) is 0 Å². The minimum atomic E-state index is -5.09. The van der Waals surface area contributed by atoms with Crippen LogP contribution in [-0.2, 0) is 40.5 Å². The molecule has 0 atom stereocenters. The van der Waals surface area contributed by atoms with Crippen LogP contribution < -0.4 is 10.6 Å². The lowest BCUT2D eigenvalue weighted by molar-refractivity contribution is 0.472. The third kappa shape index (κ3) is 9.78. The van der Waals surface area contributed by atoms with Crippen LogP contribution in [0.3, 0.4) is 0 Å². The van der Waals surface area contributed by atoms with E-state index in [0.29, 0.717) is 0 Å². The molecule has 0 spiro atoms. The highest BCUT2D eigenvalue weighted by Crippen LogP contribution is 2.44. The molecular weight excluding hydrogens is 918 g/mol. The van der Waals surface area contributed by atoms with Crippen molar-refractivity contribution in [3.05, 3.63) is 108 Å². The average molecular weight is 942 g/mol. The normalized spacial score (nSPS) is 12.7. The molecule has 27 heteroatoms. The van der Waals surface area contributed by atoms with Crippen molar-refractivity contribution in [2.45, 2.75) is 19.6 Å². The third-order valence-corrected chi connectivity index (χ3v) is 12.1. The van der Waals surface area contributed by atoms with Gasteiger partial charge in [0.2, 0.25) is 17.2 Å². The molecule has 7 aromatic rings. The molecule has 0 saturated carbocycles. The van der Waals surface area contributed by atoms with E-state index in [2.05, 4.69) is 46.0 Å². The van der Waals surface area contributed by atoms with Crippen LogP contribution in [0.2, 0.25) is 5.28 Å². The molecule has 1 heterocycles. The maximum absolute atomic E-state index is 12.6. The summed E-state index contributed by atoms with van der Waals surface area (Å²) in [5.41, 5.74) is -0.250. The molecule has 1 aromatic heterocycles. The largest absolute Gasteiger partial charge is 0.505 e. The summed E-state index contributed by atoms with van der Waals surface area (Å²) in [6, 6.07) is 20.9. The van der Waals surface area contributed by atoms with Crippen molar-refractivity contribution in [1.29, 1.82) is 0 Å². The predicted octanol–water partition coefficient (Wildman–Crippen LogP) is 7.84. The first kappa shape index (κ1) is 43.5. The molecule has 0 saturated heterocycles. The molecule has 0 bridgehead atoms. The van der Waals surface area contributed by atoms with Crippen LogP contribution in [0.25, 0.3) is 21.5 Å². The van der Waals surface area contributed by atoms with E-state index in [9.17, 15) is 57.0 Å². The van der Waals surface area contributed by atoms with E-state index in [1.807, 2.05) is 0 Å². The Morgan fingerprint density at radius 1 is 0.500 bits per heavy atom. The Kier molecular flexibility index (Phi) is 11.5. The standard InChI is InChI=1S/C35H24ClN9O13S4/c36-33-39-34(37-20-2-1-3-23(15-20)60(50,51)52)41-35(40-33)38-21-5-4-18-14-30(62(56,57)58)31(32(46)26(18)16-21)45-44-29-13-12-28(25-11-10-24(17-27(25)29)61(53,54)55)43-42-19-6-8-22(9-7-19)59(47,48)49/h1-17,46H,(H,47,48,49)(H,50,51,52)(H,53,54,55)(H,56,57,58)(H2,37,38,39,40,41). The summed E-state index contributed by atoms with van der Waals surface area (Å²) in [4.78, 5) is 9.91. The van der Waals surface area contributed by atoms with Crippen LogP contribution in [0.1, 0.15) is 0 Å². The van der Waals surface area contributed by atoms with Crippen molar-refractivity contribution in [3.8, 4) is 5.75 Å². The monoisotopic (exact) mass is 941 g/mol. The summed E-state index contributed by atoms with van der Waals surface area (Å²) in [6.45, 7) is 0. The number of phenolic OH excluding ortho intramolecular Hbond substituents is 1. The van der Waals surface area contributed by atoms with E-state index in [-0.39, 0.29) is 72.1 Å². The number of hydrogen-bond acceptors (Lipinski definition) is 18. The number of nitrogens with one attached hydrogen (secondary N) is 2. The number of aromatic nitrogens is 3. The summed E-state index contributed by atoms with van der Waals surface area (Å²) in [5.74, 6) is -1.09. The van der Waals surface area contributed by atoms with Crippen molar-refractivity contribution < 1.29 is 57.0 Å². The fraction of sp³-hybridized carbons (Fsp3) is 0. The van der Waals surface area contributed by atoms with Gasteiger partial charge in [0.25, 0.3) is 40.5 Å². The zero-order chi connectivity index (χ0) is 44.8. The third-order valence-electron chi connectivity index (χ3n) is 8.49. The Bertz CT molecular complexity index is 3510. The van der Waals surface area contributed by atoms with Crippen LogP contribution >= 0.6 is 11.6 Å². The Morgan fingerprint density at radius 2 is 1.06 bits per heavy atom. The fourth-order valence-electron chi connectivity index (χ4n) is 5.70. The minimum absolute atomic E-state index is 0.0155. The molecule has 318 valence electrons. The van der Waals surface area contributed by atoms with Crippen LogP contribution in [0.15, 0.2) is 143 Å². The molecule has 0 unspecified atom stereocenters. The molecule has 0 aliphatic carbocycles. The first-order valence-electron chi connectivity index (χ1n) is 16.8. The van der Waals surface area contributed by atoms with Crippen LogP contribution in [-0.4, -0.2) is 71.9 Å². The average Bonchev–Trinajstić information content (AvgIpc) is 3.18. The second-order valence-corrected chi connectivity index (χ2v) is 18.6. The summed E-state index contributed by atoms with van der Waals surface area (Å²) in [5, 5.41) is 33.2. The van der Waals surface area contributed by atoms with Gasteiger partial charge in [-0.15, -0.1) is 15.3 Å². The molecule has 0 fully saturated rings. The van der Waals surface area contributed by atoms with E-state index < -0.39 is 66.6 Å². The van der Waals surface area contributed by atoms with E-state index in [1.165, 1.54) is 60.7 Å². The quantitative estimate of drug-likeness (QED) is 0.0453. The van der Waals surface area contributed by atoms with Gasteiger partial charge in [-0.05, 0) is 102 Å². The Morgan fingerprint density at radius 3 is 1.68 bits per heavy atom. The summed E-state index contributed by atoms with van der Waals surface area (Å²) in [7, 11) is -18.9. The maximum Gasteiger partial charge on any atom is 0.296 e. The van der Waals surface area contributed by atoms with Crippen LogP contribution in [0, 0.1) is 0 Å². The lowest BCUT2D eigenvalue weighted by Gasteiger charge is -2.12. The molecule has 0 radical (unpaired) electrons. The molecule has 62 heavy (non-hydrogen) atoms. The Balaban J connectivity index is 1.26. The Labute approximate surface area is 354 Å². The van der Waals surface area contributed by atoms with Crippen molar-refractivity contribution in [2.24, 2.45) is 20.5 Å². The molecule has 0 amide bonds. The fourth-order valence-corrected chi connectivity index (χ4v) is 8.03. The van der Waals surface area contributed by atoms with E-state index >= 15 is 0 Å². The number of fused-ring (bicyclic) bond motifs is 2. The van der Waals surface area contributed by atoms with Crippen molar-refractivity contribution >= 4 is 120 Å². The maximum atomic E-state index is 12.6. The van der Waals surface area contributed by atoms with E-state index in [0.717, 1.165) is 42.5 Å². The summed E-state index contributed by atoms with van der Waals surface area (Å²) in [6.07, 6.45) is 0. The number of azo groups is 2. The van der Waals surface area contributed by atoms with Crippen molar-refractivity contribution in [3.63, 3.8) is 0 Å². The van der Waals surface area contributed by atoms with Gasteiger partial charge in [-0.3, -0.25) is 18.2 Å². The second kappa shape index (κ2) is 16.3. The molecular formula is C35H24ClN9O13S4. The van der Waals surface area contributed by atoms with E-state index in [1.54, 1.807) is 0 Å². The van der Waals surface area contributed by atoms with Gasteiger partial charge >= 0.3 is 0 Å². The SMILES string of the molecule is O=S(=O)(O)c1ccc(N=Nc2ccc(N=Nc3c(S(=O)(=O)O)cc4ccc(Nc5nc(Cl)nc(Nc6cccc(S(=O)(=O)O)c6)n5)cc4c3O)c3cc(S(=O)(=O)O)ccc23)cc1. The molecule has 6 aromatic carbocycles. The van der Waals surface area contributed by atoms with Gasteiger partial charge in [0.05, 0.1) is 31.7 Å². The van der Waals surface area contributed by atoms with Gasteiger partial charge in [-0.1, -0.05) is 18.2 Å². The lowest BCUT2D eigenvalue weighted by Crippen LogP contribution is -2.05. The number of hydrogen-bond donors (Lipinski definition) is 7. The Hall–Kier alpha value is -6.62. The number of nitrogens with zero attached hydrogens (tertiary/aromatic N) is 7. The van der Waals surface area contributed by atoms with Gasteiger partial charge in [0.15, 0.2) is 5.75 Å². The second-order valence-electron chi connectivity index (χ2n) is 12.6. The first-order chi connectivity index (χ1) is 29.0. The zero-order valence-corrected chi connectivity index (χ0v) is 34.5. The summed E-state index contributed by atoms with van der Waals surface area (Å²) >= 11 is 6.11. The number of anilines is 4. The van der Waals surface area contributed by atoms with Crippen molar-refractivity contribution in [2.75, 3.05) is 10.6 Å². The van der Waals surface area contributed by atoms with Gasteiger partial charge < -0.3 is 15.7 Å². The highest BCUT2D eigenvalue weighted by molar-refractivity contribution is 7.86. The number of phenols is 1. The molecule has 0 aliphatic rings. The number of halogens is 1. The smallest absolute Gasteiger partial charge is 0.296 e.